The second-order valence-corrected chi connectivity index (χ2v) is 6.76. The van der Waals surface area contributed by atoms with Crippen molar-refractivity contribution in [2.24, 2.45) is 5.73 Å². The third-order valence-electron chi connectivity index (χ3n) is 4.94. The number of nitrogens with zero attached hydrogens (tertiary/aromatic N) is 2. The molecule has 3 N–H and O–H groups in total. The van der Waals surface area contributed by atoms with Gasteiger partial charge >= 0.3 is 0 Å². The molecule has 1 aromatic heterocycles. The Morgan fingerprint density at radius 2 is 1.86 bits per heavy atom. The van der Waals surface area contributed by atoms with Crippen molar-refractivity contribution >= 4 is 28.6 Å². The lowest BCUT2D eigenvalue weighted by Gasteiger charge is -2.24. The first-order chi connectivity index (χ1) is 13.5. The number of primary amides is 1. The van der Waals surface area contributed by atoms with Crippen molar-refractivity contribution in [3.63, 3.8) is 0 Å². The van der Waals surface area contributed by atoms with E-state index in [1.54, 1.807) is 16.8 Å². The number of imide groups is 1. The average Bonchev–Trinajstić information content (AvgIpc) is 2.94. The fourth-order valence-corrected chi connectivity index (χ4v) is 3.57. The molecule has 1 saturated heterocycles. The molecule has 2 aromatic carbocycles. The van der Waals surface area contributed by atoms with Crippen molar-refractivity contribution in [2.75, 3.05) is 0 Å². The van der Waals surface area contributed by atoms with Crippen molar-refractivity contribution in [3.8, 4) is 0 Å². The van der Waals surface area contributed by atoms with Gasteiger partial charge < -0.3 is 5.73 Å². The van der Waals surface area contributed by atoms with Gasteiger partial charge in [0.25, 0.3) is 11.5 Å². The van der Waals surface area contributed by atoms with Gasteiger partial charge in [-0.25, -0.2) is 4.68 Å². The molecule has 2 heterocycles. The number of rotatable bonds is 4. The number of carbonyl (C=O) groups is 3. The van der Waals surface area contributed by atoms with Crippen molar-refractivity contribution in [2.45, 2.75) is 25.4 Å². The molecule has 1 unspecified atom stereocenters. The average molecular weight is 378 g/mol. The van der Waals surface area contributed by atoms with Crippen LogP contribution in [0.15, 0.2) is 53.3 Å². The molecule has 4 rings (SSSR count). The molecule has 28 heavy (non-hydrogen) atoms. The second kappa shape index (κ2) is 6.80. The maximum atomic E-state index is 13.1. The van der Waals surface area contributed by atoms with Crippen molar-refractivity contribution in [3.05, 3.63) is 70.0 Å². The molecule has 1 atom stereocenters. The number of nitrogens with one attached hydrogen (secondary N) is 1. The predicted molar refractivity (Wildman–Crippen MR) is 102 cm³/mol. The Hall–Kier alpha value is -3.68. The third-order valence-corrected chi connectivity index (χ3v) is 4.94. The van der Waals surface area contributed by atoms with E-state index in [0.717, 1.165) is 5.56 Å². The molecule has 0 saturated carbocycles. The van der Waals surface area contributed by atoms with Crippen molar-refractivity contribution in [1.82, 2.24) is 14.7 Å². The van der Waals surface area contributed by atoms with Crippen LogP contribution in [0.2, 0.25) is 0 Å². The van der Waals surface area contributed by atoms with Crippen LogP contribution in [0.5, 0.6) is 0 Å². The number of nitrogens with two attached hydrogens (primary N) is 1. The molecule has 0 spiro atoms. The van der Waals surface area contributed by atoms with Gasteiger partial charge in [-0.05, 0) is 30.2 Å². The summed E-state index contributed by atoms with van der Waals surface area (Å²) in [6, 6.07) is 13.2. The van der Waals surface area contributed by atoms with E-state index in [-0.39, 0.29) is 29.9 Å². The standard InChI is InChI=1S/C20H18N4O4/c21-18(26)13-6-7-14-16(10-13)23(11-12-4-2-1-3-5-12)24(20(14)28)15-8-9-17(25)22-19(15)27/h1-7,10,15H,8-9,11H2,(H2,21,26)(H,22,25,27). The second-order valence-electron chi connectivity index (χ2n) is 6.76. The number of aromatic nitrogens is 2. The fourth-order valence-electron chi connectivity index (χ4n) is 3.57. The number of hydrogen-bond acceptors (Lipinski definition) is 4. The van der Waals surface area contributed by atoms with E-state index in [1.165, 1.54) is 10.7 Å². The SMILES string of the molecule is NC(=O)c1ccc2c(=O)n(C3CCC(=O)NC3=O)n(Cc3ccccc3)c2c1. The first kappa shape index (κ1) is 17.7. The van der Waals surface area contributed by atoms with Crippen LogP contribution in [-0.2, 0) is 16.1 Å². The molecule has 0 bridgehead atoms. The summed E-state index contributed by atoms with van der Waals surface area (Å²) in [4.78, 5) is 48.7. The van der Waals surface area contributed by atoms with Gasteiger partial charge in [0.2, 0.25) is 11.8 Å². The minimum atomic E-state index is -0.807. The summed E-state index contributed by atoms with van der Waals surface area (Å²) in [5, 5.41) is 2.68. The molecule has 3 aromatic rings. The van der Waals surface area contributed by atoms with E-state index in [4.69, 9.17) is 5.73 Å². The summed E-state index contributed by atoms with van der Waals surface area (Å²) in [5.41, 5.74) is 6.75. The molecule has 1 fully saturated rings. The Morgan fingerprint density at radius 1 is 1.11 bits per heavy atom. The van der Waals surface area contributed by atoms with Crippen LogP contribution in [0.25, 0.3) is 10.9 Å². The van der Waals surface area contributed by atoms with Crippen LogP contribution >= 0.6 is 0 Å². The number of amides is 3. The largest absolute Gasteiger partial charge is 0.366 e. The molecular weight excluding hydrogens is 360 g/mol. The van der Waals surface area contributed by atoms with Crippen molar-refractivity contribution in [1.29, 1.82) is 0 Å². The summed E-state index contributed by atoms with van der Waals surface area (Å²) in [5.74, 6) is -1.46. The minimum Gasteiger partial charge on any atom is -0.366 e. The van der Waals surface area contributed by atoms with Crippen molar-refractivity contribution < 1.29 is 14.4 Å². The summed E-state index contributed by atoms with van der Waals surface area (Å²) in [6.45, 7) is 0.319. The van der Waals surface area contributed by atoms with Gasteiger partial charge in [-0.3, -0.25) is 29.2 Å². The highest BCUT2D eigenvalue weighted by atomic mass is 16.2. The minimum absolute atomic E-state index is 0.155. The molecule has 3 amide bonds. The van der Waals surface area contributed by atoms with Gasteiger partial charge in [0.1, 0.15) is 6.04 Å². The predicted octanol–water partition coefficient (Wildman–Crippen LogP) is 0.928. The Balaban J connectivity index is 1.94. The Bertz CT molecular complexity index is 1160. The van der Waals surface area contributed by atoms with Crippen LogP contribution < -0.4 is 16.6 Å². The lowest BCUT2D eigenvalue weighted by molar-refractivity contribution is -0.136. The lowest BCUT2D eigenvalue weighted by Crippen LogP contribution is -2.45. The summed E-state index contributed by atoms with van der Waals surface area (Å²) in [7, 11) is 0. The number of hydrogen-bond donors (Lipinski definition) is 2. The first-order valence-electron chi connectivity index (χ1n) is 8.88. The van der Waals surface area contributed by atoms with Gasteiger partial charge in [-0.2, -0.15) is 0 Å². The molecule has 8 heteroatoms. The van der Waals surface area contributed by atoms with Crippen LogP contribution in [-0.4, -0.2) is 27.1 Å². The van der Waals surface area contributed by atoms with E-state index < -0.39 is 17.9 Å². The first-order valence-corrected chi connectivity index (χ1v) is 8.88. The zero-order chi connectivity index (χ0) is 19.8. The highest BCUT2D eigenvalue weighted by molar-refractivity contribution is 6.00. The fraction of sp³-hybridized carbons (Fsp3) is 0.200. The Kier molecular flexibility index (Phi) is 4.31. The molecule has 1 aliphatic rings. The van der Waals surface area contributed by atoms with E-state index in [0.29, 0.717) is 17.4 Å². The molecule has 0 aliphatic carbocycles. The monoisotopic (exact) mass is 378 g/mol. The number of benzene rings is 2. The molecule has 8 nitrogen and oxygen atoms in total. The van der Waals surface area contributed by atoms with Crippen LogP contribution in [0, 0.1) is 0 Å². The maximum absolute atomic E-state index is 13.1. The smallest absolute Gasteiger partial charge is 0.275 e. The van der Waals surface area contributed by atoms with Gasteiger partial charge in [0, 0.05) is 12.0 Å². The van der Waals surface area contributed by atoms with Gasteiger partial charge in [-0.15, -0.1) is 0 Å². The summed E-state index contributed by atoms with van der Waals surface area (Å²) < 4.78 is 3.06. The van der Waals surface area contributed by atoms with E-state index in [9.17, 15) is 19.2 Å². The number of piperidine rings is 1. The van der Waals surface area contributed by atoms with Crippen LogP contribution in [0.3, 0.4) is 0 Å². The summed E-state index contributed by atoms with van der Waals surface area (Å²) in [6.07, 6.45) is 0.389. The van der Waals surface area contributed by atoms with E-state index in [1.807, 2.05) is 30.3 Å². The summed E-state index contributed by atoms with van der Waals surface area (Å²) >= 11 is 0. The van der Waals surface area contributed by atoms with E-state index >= 15 is 0 Å². The quantitative estimate of drug-likeness (QED) is 0.657. The van der Waals surface area contributed by atoms with Gasteiger partial charge in [0.15, 0.2) is 0 Å². The highest BCUT2D eigenvalue weighted by Crippen LogP contribution is 2.23. The van der Waals surface area contributed by atoms with Gasteiger partial charge in [-0.1, -0.05) is 30.3 Å². The van der Waals surface area contributed by atoms with E-state index in [2.05, 4.69) is 5.32 Å². The molecule has 0 radical (unpaired) electrons. The van der Waals surface area contributed by atoms with Crippen LogP contribution in [0.1, 0.15) is 34.8 Å². The molecule has 142 valence electrons. The molecular formula is C20H18N4O4. The maximum Gasteiger partial charge on any atom is 0.275 e. The number of fused-ring (bicyclic) bond motifs is 1. The van der Waals surface area contributed by atoms with Crippen LogP contribution in [0.4, 0.5) is 0 Å². The Labute approximate surface area is 159 Å². The zero-order valence-corrected chi connectivity index (χ0v) is 14.9. The lowest BCUT2D eigenvalue weighted by atomic mass is 10.1. The zero-order valence-electron chi connectivity index (χ0n) is 14.9. The Morgan fingerprint density at radius 3 is 2.54 bits per heavy atom. The normalized spacial score (nSPS) is 16.9. The highest BCUT2D eigenvalue weighted by Gasteiger charge is 2.32. The third kappa shape index (κ3) is 2.98. The van der Waals surface area contributed by atoms with Gasteiger partial charge in [0.05, 0.1) is 17.4 Å². The molecule has 1 aliphatic heterocycles. The number of carbonyl (C=O) groups excluding carboxylic acids is 3. The topological polar surface area (TPSA) is 116 Å².